The van der Waals surface area contributed by atoms with Gasteiger partial charge in [0.05, 0.1) is 32.1 Å². The Morgan fingerprint density at radius 1 is 1.15 bits per heavy atom. The molecule has 0 aliphatic carbocycles. The SMILES string of the molecule is I.c1coc(CCNC(=NCC2CCCCO2)NCCN2CCOCC2)c1. The van der Waals surface area contributed by atoms with E-state index in [0.29, 0.717) is 6.54 Å². The van der Waals surface area contributed by atoms with Gasteiger partial charge in [0.25, 0.3) is 0 Å². The fraction of sp³-hybridized carbons (Fsp3) is 0.737. The average molecular weight is 492 g/mol. The first kappa shape index (κ1) is 22.4. The lowest BCUT2D eigenvalue weighted by molar-refractivity contribution is 0.0224. The van der Waals surface area contributed by atoms with E-state index in [1.165, 1.54) is 12.8 Å². The summed E-state index contributed by atoms with van der Waals surface area (Å²) in [6.07, 6.45) is 6.34. The molecule has 0 bridgehead atoms. The first-order chi connectivity index (χ1) is 12.9. The van der Waals surface area contributed by atoms with Crippen LogP contribution >= 0.6 is 24.0 Å². The van der Waals surface area contributed by atoms with Crippen molar-refractivity contribution < 1.29 is 13.9 Å². The molecule has 27 heavy (non-hydrogen) atoms. The molecule has 0 spiro atoms. The fourth-order valence-corrected chi connectivity index (χ4v) is 3.23. The Labute approximate surface area is 179 Å². The predicted octanol–water partition coefficient (Wildman–Crippen LogP) is 1.88. The Hall–Kier alpha value is -0.840. The molecule has 8 heteroatoms. The Morgan fingerprint density at radius 3 is 2.74 bits per heavy atom. The van der Waals surface area contributed by atoms with E-state index in [2.05, 4.69) is 15.5 Å². The number of rotatable bonds is 8. The van der Waals surface area contributed by atoms with Gasteiger partial charge in [-0.1, -0.05) is 0 Å². The number of nitrogens with zero attached hydrogens (tertiary/aromatic N) is 2. The summed E-state index contributed by atoms with van der Waals surface area (Å²) in [7, 11) is 0. The van der Waals surface area contributed by atoms with Crippen molar-refractivity contribution in [1.82, 2.24) is 15.5 Å². The second kappa shape index (κ2) is 13.4. The third kappa shape index (κ3) is 8.80. The van der Waals surface area contributed by atoms with Gasteiger partial charge in [-0.2, -0.15) is 0 Å². The lowest BCUT2D eigenvalue weighted by Crippen LogP contribution is -2.45. The van der Waals surface area contributed by atoms with Crippen molar-refractivity contribution in [3.63, 3.8) is 0 Å². The van der Waals surface area contributed by atoms with Crippen LogP contribution < -0.4 is 10.6 Å². The van der Waals surface area contributed by atoms with E-state index in [1.807, 2.05) is 12.1 Å². The van der Waals surface area contributed by atoms with E-state index >= 15 is 0 Å². The highest BCUT2D eigenvalue weighted by Crippen LogP contribution is 2.12. The number of halogens is 1. The highest BCUT2D eigenvalue weighted by atomic mass is 127. The zero-order valence-electron chi connectivity index (χ0n) is 16.0. The predicted molar refractivity (Wildman–Crippen MR) is 117 cm³/mol. The Kier molecular flexibility index (Phi) is 11.1. The zero-order valence-corrected chi connectivity index (χ0v) is 18.4. The number of morpholine rings is 1. The van der Waals surface area contributed by atoms with Crippen LogP contribution in [0.5, 0.6) is 0 Å². The minimum atomic E-state index is 0. The van der Waals surface area contributed by atoms with E-state index in [9.17, 15) is 0 Å². The molecule has 1 unspecified atom stereocenters. The first-order valence-electron chi connectivity index (χ1n) is 9.86. The molecule has 0 aromatic carbocycles. The zero-order chi connectivity index (χ0) is 17.9. The van der Waals surface area contributed by atoms with Gasteiger partial charge in [-0.15, -0.1) is 24.0 Å². The minimum Gasteiger partial charge on any atom is -0.469 e. The van der Waals surface area contributed by atoms with E-state index in [1.54, 1.807) is 6.26 Å². The standard InChI is InChI=1S/C19H32N4O3.HI/c1-2-12-26-18(4-1)16-22-19(20-7-6-17-5-3-13-25-17)21-8-9-23-10-14-24-15-11-23;/h3,5,13,18H,1-2,4,6-12,14-16H2,(H2,20,21,22);1H. The summed E-state index contributed by atoms with van der Waals surface area (Å²) < 4.78 is 16.6. The maximum absolute atomic E-state index is 5.79. The number of ether oxygens (including phenoxy) is 2. The smallest absolute Gasteiger partial charge is 0.191 e. The molecule has 3 rings (SSSR count). The summed E-state index contributed by atoms with van der Waals surface area (Å²) in [5.74, 6) is 1.85. The Balaban J connectivity index is 0.00000261. The normalized spacial score (nSPS) is 21.5. The van der Waals surface area contributed by atoms with Crippen molar-refractivity contribution in [2.75, 3.05) is 59.1 Å². The number of hydrogen-bond donors (Lipinski definition) is 2. The number of aliphatic imine (C=N–C) groups is 1. The quantitative estimate of drug-likeness (QED) is 0.328. The molecule has 2 aliphatic heterocycles. The molecule has 3 heterocycles. The van der Waals surface area contributed by atoms with Gasteiger partial charge >= 0.3 is 0 Å². The van der Waals surface area contributed by atoms with Gasteiger partial charge in [-0.3, -0.25) is 9.89 Å². The Morgan fingerprint density at radius 2 is 2.00 bits per heavy atom. The van der Waals surface area contributed by atoms with Crippen LogP contribution in [0.2, 0.25) is 0 Å². The summed E-state index contributed by atoms with van der Waals surface area (Å²) in [5.41, 5.74) is 0. The van der Waals surface area contributed by atoms with E-state index in [0.717, 1.165) is 77.1 Å². The van der Waals surface area contributed by atoms with Crippen LogP contribution in [0.4, 0.5) is 0 Å². The van der Waals surface area contributed by atoms with Crippen molar-refractivity contribution in [1.29, 1.82) is 0 Å². The number of furan rings is 1. The molecule has 0 amide bonds. The van der Waals surface area contributed by atoms with Crippen LogP contribution in [0, 0.1) is 0 Å². The molecule has 154 valence electrons. The van der Waals surface area contributed by atoms with Crippen LogP contribution in [-0.2, 0) is 15.9 Å². The molecule has 0 saturated carbocycles. The number of nitrogens with one attached hydrogen (secondary N) is 2. The maximum atomic E-state index is 5.79. The van der Waals surface area contributed by atoms with Crippen LogP contribution in [0.3, 0.4) is 0 Å². The second-order valence-electron chi connectivity index (χ2n) is 6.81. The average Bonchev–Trinajstić information content (AvgIpc) is 3.21. The van der Waals surface area contributed by atoms with Crippen molar-refractivity contribution in [2.24, 2.45) is 4.99 Å². The van der Waals surface area contributed by atoms with Gasteiger partial charge < -0.3 is 24.5 Å². The number of guanidine groups is 1. The largest absolute Gasteiger partial charge is 0.469 e. The van der Waals surface area contributed by atoms with Gasteiger partial charge in [0.1, 0.15) is 5.76 Å². The van der Waals surface area contributed by atoms with Gasteiger partial charge in [-0.05, 0) is 31.4 Å². The van der Waals surface area contributed by atoms with Crippen molar-refractivity contribution in [2.45, 2.75) is 31.8 Å². The molecular weight excluding hydrogens is 459 g/mol. The molecule has 0 radical (unpaired) electrons. The Bertz CT molecular complexity index is 515. The molecule has 1 aromatic heterocycles. The molecule has 1 atom stereocenters. The van der Waals surface area contributed by atoms with Crippen LogP contribution in [0.25, 0.3) is 0 Å². The molecule has 7 nitrogen and oxygen atoms in total. The molecular formula is C19H33IN4O3. The first-order valence-corrected chi connectivity index (χ1v) is 9.86. The molecule has 2 fully saturated rings. The van der Waals surface area contributed by atoms with Crippen LogP contribution in [-0.4, -0.2) is 76.1 Å². The van der Waals surface area contributed by atoms with Crippen molar-refractivity contribution in [3.8, 4) is 0 Å². The molecule has 2 N–H and O–H groups in total. The third-order valence-corrected chi connectivity index (χ3v) is 4.80. The van der Waals surface area contributed by atoms with Gasteiger partial charge in [0.15, 0.2) is 5.96 Å². The van der Waals surface area contributed by atoms with Gasteiger partial charge in [0.2, 0.25) is 0 Å². The summed E-state index contributed by atoms with van der Waals surface area (Å²) in [4.78, 5) is 7.16. The van der Waals surface area contributed by atoms with Crippen molar-refractivity contribution in [3.05, 3.63) is 24.2 Å². The van der Waals surface area contributed by atoms with Crippen LogP contribution in [0.15, 0.2) is 27.8 Å². The van der Waals surface area contributed by atoms with Gasteiger partial charge in [0, 0.05) is 45.8 Å². The summed E-state index contributed by atoms with van der Waals surface area (Å²) >= 11 is 0. The van der Waals surface area contributed by atoms with Crippen LogP contribution in [0.1, 0.15) is 25.0 Å². The van der Waals surface area contributed by atoms with E-state index in [4.69, 9.17) is 18.9 Å². The fourth-order valence-electron chi connectivity index (χ4n) is 3.23. The summed E-state index contributed by atoms with van der Waals surface area (Å²) in [5, 5.41) is 6.87. The van der Waals surface area contributed by atoms with E-state index in [-0.39, 0.29) is 30.1 Å². The lowest BCUT2D eigenvalue weighted by atomic mass is 10.1. The highest BCUT2D eigenvalue weighted by molar-refractivity contribution is 14.0. The molecule has 2 saturated heterocycles. The highest BCUT2D eigenvalue weighted by Gasteiger charge is 2.14. The molecule has 2 aliphatic rings. The summed E-state index contributed by atoms with van der Waals surface area (Å²) in [6, 6.07) is 3.92. The number of hydrogen-bond acceptors (Lipinski definition) is 5. The second-order valence-corrected chi connectivity index (χ2v) is 6.81. The minimum absolute atomic E-state index is 0. The topological polar surface area (TPSA) is 71.3 Å². The maximum Gasteiger partial charge on any atom is 0.191 e. The monoisotopic (exact) mass is 492 g/mol. The molecule has 1 aromatic rings. The van der Waals surface area contributed by atoms with Crippen molar-refractivity contribution >= 4 is 29.9 Å². The van der Waals surface area contributed by atoms with Gasteiger partial charge in [-0.25, -0.2) is 0 Å². The summed E-state index contributed by atoms with van der Waals surface area (Å²) in [6.45, 7) is 7.94. The van der Waals surface area contributed by atoms with E-state index < -0.39 is 0 Å². The lowest BCUT2D eigenvalue weighted by Gasteiger charge is -2.27. The third-order valence-electron chi connectivity index (χ3n) is 4.80.